The molecule has 0 aliphatic rings. The van der Waals surface area contributed by atoms with Crippen molar-refractivity contribution in [2.75, 3.05) is 5.32 Å². The number of anilines is 1. The van der Waals surface area contributed by atoms with E-state index in [1.54, 1.807) is 6.07 Å². The van der Waals surface area contributed by atoms with Crippen LogP contribution >= 0.6 is 11.8 Å². The second-order valence-corrected chi connectivity index (χ2v) is 5.65. The van der Waals surface area contributed by atoms with Crippen LogP contribution in [0.5, 0.6) is 5.75 Å². The number of hydrogen-bond donors (Lipinski definition) is 1. The number of hydrogen-bond acceptors (Lipinski definition) is 3. The number of carbonyl (C=O) groups excluding carboxylic acids is 1. The number of ether oxygens (including phenoxy) is 1. The van der Waals surface area contributed by atoms with Crippen molar-refractivity contribution in [1.29, 1.82) is 0 Å². The number of alkyl halides is 2. The molecule has 2 aromatic carbocycles. The number of para-hydroxylation sites is 1. The molecular weight excluding hydrogens is 327 g/mol. The number of carbonyl (C=O) groups is 1. The fourth-order valence-corrected chi connectivity index (χ4v) is 2.25. The Bertz CT molecular complexity index is 665. The Labute approximate surface area is 135 Å². The lowest BCUT2D eigenvalue weighted by molar-refractivity contribution is -0.122. The molecule has 7 heteroatoms. The number of thioether (sulfide) groups is 1. The minimum absolute atomic E-state index is 0.0150. The van der Waals surface area contributed by atoms with Crippen molar-refractivity contribution in [3.63, 3.8) is 0 Å². The van der Waals surface area contributed by atoms with E-state index in [0.717, 1.165) is 0 Å². The van der Waals surface area contributed by atoms with Gasteiger partial charge in [0, 0.05) is 10.6 Å². The van der Waals surface area contributed by atoms with Crippen molar-refractivity contribution < 1.29 is 22.7 Å². The van der Waals surface area contributed by atoms with Crippen molar-refractivity contribution in [2.24, 2.45) is 0 Å². The second kappa shape index (κ2) is 7.92. The molecule has 3 nitrogen and oxygen atoms in total. The Balaban J connectivity index is 1.94. The van der Waals surface area contributed by atoms with E-state index in [4.69, 9.17) is 4.74 Å². The average molecular weight is 341 g/mol. The van der Waals surface area contributed by atoms with Crippen molar-refractivity contribution in [2.45, 2.75) is 23.7 Å². The predicted molar refractivity (Wildman–Crippen MR) is 83.4 cm³/mol. The molecule has 1 amide bonds. The maximum Gasteiger partial charge on any atom is 0.288 e. The van der Waals surface area contributed by atoms with E-state index in [9.17, 15) is 18.0 Å². The Morgan fingerprint density at radius 1 is 1.13 bits per heavy atom. The molecule has 0 aliphatic heterocycles. The van der Waals surface area contributed by atoms with E-state index >= 15 is 0 Å². The first kappa shape index (κ1) is 17.2. The summed E-state index contributed by atoms with van der Waals surface area (Å²) < 4.78 is 43.2. The quantitative estimate of drug-likeness (QED) is 0.784. The van der Waals surface area contributed by atoms with Crippen LogP contribution in [0, 0.1) is 5.82 Å². The average Bonchev–Trinajstić information content (AvgIpc) is 2.51. The standard InChI is InChI=1S/C16H14F3NO2S/c1-10(22-14-5-3-2-4-13(14)17)15(21)20-11-6-8-12(9-7-11)23-16(18)19/h2-10,16H,1H3,(H,20,21)/t10-/m1/s1. The summed E-state index contributed by atoms with van der Waals surface area (Å²) in [6.45, 7) is 1.49. The third-order valence-corrected chi connectivity index (χ3v) is 3.58. The van der Waals surface area contributed by atoms with E-state index in [1.165, 1.54) is 49.4 Å². The van der Waals surface area contributed by atoms with E-state index in [2.05, 4.69) is 5.32 Å². The molecule has 0 heterocycles. The number of rotatable bonds is 6. The molecule has 0 saturated heterocycles. The van der Waals surface area contributed by atoms with Gasteiger partial charge in [-0.3, -0.25) is 4.79 Å². The summed E-state index contributed by atoms with van der Waals surface area (Å²) >= 11 is 0.423. The first-order valence-corrected chi connectivity index (χ1v) is 7.60. The molecule has 23 heavy (non-hydrogen) atoms. The van der Waals surface area contributed by atoms with Gasteiger partial charge in [-0.15, -0.1) is 0 Å². The highest BCUT2D eigenvalue weighted by atomic mass is 32.2. The fraction of sp³-hybridized carbons (Fsp3) is 0.188. The van der Waals surface area contributed by atoms with Gasteiger partial charge in [0.05, 0.1) is 0 Å². The summed E-state index contributed by atoms with van der Waals surface area (Å²) in [7, 11) is 0. The Hall–Kier alpha value is -2.15. The summed E-state index contributed by atoms with van der Waals surface area (Å²) in [5.74, 6) is -3.54. The highest BCUT2D eigenvalue weighted by Gasteiger charge is 2.16. The number of nitrogens with one attached hydrogen (secondary N) is 1. The Morgan fingerprint density at radius 2 is 1.78 bits per heavy atom. The Morgan fingerprint density at radius 3 is 2.39 bits per heavy atom. The summed E-state index contributed by atoms with van der Waals surface area (Å²) in [5.41, 5.74) is 0.442. The SMILES string of the molecule is C[C@@H](Oc1ccccc1F)C(=O)Nc1ccc(SC(F)F)cc1. The second-order valence-electron chi connectivity index (χ2n) is 4.58. The highest BCUT2D eigenvalue weighted by molar-refractivity contribution is 7.99. The zero-order chi connectivity index (χ0) is 16.8. The van der Waals surface area contributed by atoms with Gasteiger partial charge >= 0.3 is 0 Å². The van der Waals surface area contributed by atoms with Crippen molar-refractivity contribution in [3.8, 4) is 5.75 Å². The maximum atomic E-state index is 13.5. The molecule has 1 atom stereocenters. The molecule has 0 bridgehead atoms. The zero-order valence-corrected chi connectivity index (χ0v) is 12.9. The third-order valence-electron chi connectivity index (χ3n) is 2.86. The van der Waals surface area contributed by atoms with Crippen LogP contribution in [0.4, 0.5) is 18.9 Å². The molecule has 0 aliphatic carbocycles. The molecule has 2 rings (SSSR count). The first-order chi connectivity index (χ1) is 11.0. The largest absolute Gasteiger partial charge is 0.478 e. The van der Waals surface area contributed by atoms with Crippen LogP contribution in [-0.2, 0) is 4.79 Å². The van der Waals surface area contributed by atoms with Crippen molar-refractivity contribution in [3.05, 3.63) is 54.3 Å². The van der Waals surface area contributed by atoms with Gasteiger partial charge < -0.3 is 10.1 Å². The normalized spacial score (nSPS) is 12.0. The third kappa shape index (κ3) is 5.21. The van der Waals surface area contributed by atoms with Gasteiger partial charge in [0.15, 0.2) is 17.7 Å². The van der Waals surface area contributed by atoms with Crippen LogP contribution in [0.25, 0.3) is 0 Å². The molecule has 122 valence electrons. The lowest BCUT2D eigenvalue weighted by atomic mass is 10.3. The minimum Gasteiger partial charge on any atom is -0.478 e. The van der Waals surface area contributed by atoms with Gasteiger partial charge in [0.2, 0.25) is 0 Å². The molecular formula is C16H14F3NO2S. The Kier molecular flexibility index (Phi) is 5.92. The highest BCUT2D eigenvalue weighted by Crippen LogP contribution is 2.26. The summed E-state index contributed by atoms with van der Waals surface area (Å²) in [5, 5.41) is 2.58. The number of halogens is 3. The molecule has 0 unspecified atom stereocenters. The van der Waals surface area contributed by atoms with E-state index in [-0.39, 0.29) is 5.75 Å². The van der Waals surface area contributed by atoms with E-state index in [1.807, 2.05) is 0 Å². The zero-order valence-electron chi connectivity index (χ0n) is 12.1. The van der Waals surface area contributed by atoms with E-state index < -0.39 is 23.6 Å². The minimum atomic E-state index is -2.50. The topological polar surface area (TPSA) is 38.3 Å². The van der Waals surface area contributed by atoms with Gasteiger partial charge in [-0.25, -0.2) is 4.39 Å². The van der Waals surface area contributed by atoms with Crippen LogP contribution < -0.4 is 10.1 Å². The molecule has 2 aromatic rings. The number of benzene rings is 2. The van der Waals surface area contributed by atoms with Crippen molar-refractivity contribution >= 4 is 23.4 Å². The van der Waals surface area contributed by atoms with E-state index in [0.29, 0.717) is 22.3 Å². The molecule has 0 fully saturated rings. The van der Waals surface area contributed by atoms with Crippen LogP contribution in [0.15, 0.2) is 53.4 Å². The van der Waals surface area contributed by atoms with Gasteiger partial charge in [0.1, 0.15) is 0 Å². The van der Waals surface area contributed by atoms with Crippen molar-refractivity contribution in [1.82, 2.24) is 0 Å². The fourth-order valence-electron chi connectivity index (χ4n) is 1.75. The summed E-state index contributed by atoms with van der Waals surface area (Å²) in [4.78, 5) is 12.4. The molecule has 1 N–H and O–H groups in total. The maximum absolute atomic E-state index is 13.5. The van der Waals surface area contributed by atoms with Crippen LogP contribution in [-0.4, -0.2) is 17.8 Å². The molecule has 0 saturated carbocycles. The van der Waals surface area contributed by atoms with Crippen LogP contribution in [0.3, 0.4) is 0 Å². The lowest BCUT2D eigenvalue weighted by Gasteiger charge is -2.15. The van der Waals surface area contributed by atoms with Gasteiger partial charge in [-0.05, 0) is 43.3 Å². The lowest BCUT2D eigenvalue weighted by Crippen LogP contribution is -2.30. The molecule has 0 aromatic heterocycles. The monoisotopic (exact) mass is 341 g/mol. The van der Waals surface area contributed by atoms with Crippen LogP contribution in [0.1, 0.15) is 6.92 Å². The van der Waals surface area contributed by atoms with Gasteiger partial charge in [-0.1, -0.05) is 23.9 Å². The number of amides is 1. The predicted octanol–water partition coefficient (Wildman–Crippen LogP) is 4.55. The molecule has 0 radical (unpaired) electrons. The van der Waals surface area contributed by atoms with Gasteiger partial charge in [0.25, 0.3) is 11.7 Å². The molecule has 0 spiro atoms. The smallest absolute Gasteiger partial charge is 0.288 e. The first-order valence-electron chi connectivity index (χ1n) is 6.72. The van der Waals surface area contributed by atoms with Crippen LogP contribution in [0.2, 0.25) is 0 Å². The van der Waals surface area contributed by atoms with Gasteiger partial charge in [-0.2, -0.15) is 8.78 Å². The summed E-state index contributed by atoms with van der Waals surface area (Å²) in [6.07, 6.45) is -0.915. The summed E-state index contributed by atoms with van der Waals surface area (Å²) in [6, 6.07) is 11.8.